The Balaban J connectivity index is 1.61. The van der Waals surface area contributed by atoms with E-state index >= 15 is 0 Å². The summed E-state index contributed by atoms with van der Waals surface area (Å²) >= 11 is 1.11. The van der Waals surface area contributed by atoms with Crippen molar-refractivity contribution in [3.63, 3.8) is 0 Å². The maximum Gasteiger partial charge on any atom is 0.289 e. The van der Waals surface area contributed by atoms with Crippen LogP contribution in [-0.4, -0.2) is 52.2 Å². The van der Waals surface area contributed by atoms with Gasteiger partial charge in [0.1, 0.15) is 5.25 Å². The molecule has 0 radical (unpaired) electrons. The third-order valence-electron chi connectivity index (χ3n) is 5.03. The zero-order valence-corrected chi connectivity index (χ0v) is 14.6. The Morgan fingerprint density at radius 3 is 2.62 bits per heavy atom. The Kier molecular flexibility index (Phi) is 4.10. The molecule has 1 aromatic carbocycles. The summed E-state index contributed by atoms with van der Waals surface area (Å²) in [5.74, 6) is -0.123. The number of imide groups is 1. The Labute approximate surface area is 145 Å². The van der Waals surface area contributed by atoms with Crippen LogP contribution >= 0.6 is 11.8 Å². The second kappa shape index (κ2) is 6.26. The fourth-order valence-electron chi connectivity index (χ4n) is 3.62. The Morgan fingerprint density at radius 2 is 1.92 bits per heavy atom. The predicted molar refractivity (Wildman–Crippen MR) is 96.1 cm³/mol. The monoisotopic (exact) mass is 343 g/mol. The van der Waals surface area contributed by atoms with E-state index in [1.165, 1.54) is 30.8 Å². The largest absolute Gasteiger partial charge is 0.346 e. The second-order valence-electron chi connectivity index (χ2n) is 6.50. The molecule has 0 spiro atoms. The molecule has 0 saturated carbocycles. The molecule has 5 nitrogen and oxygen atoms in total. The van der Waals surface area contributed by atoms with Crippen molar-refractivity contribution in [1.82, 2.24) is 14.4 Å². The van der Waals surface area contributed by atoms with Gasteiger partial charge < -0.3 is 9.47 Å². The zero-order chi connectivity index (χ0) is 16.7. The molecule has 2 fully saturated rings. The average molecular weight is 343 g/mol. The lowest BCUT2D eigenvalue weighted by atomic mass is 10.1. The van der Waals surface area contributed by atoms with E-state index in [0.29, 0.717) is 0 Å². The molecule has 3 heterocycles. The van der Waals surface area contributed by atoms with Crippen molar-refractivity contribution in [3.05, 3.63) is 36.0 Å². The van der Waals surface area contributed by atoms with Crippen LogP contribution in [0.25, 0.3) is 10.9 Å². The number of benzene rings is 1. The van der Waals surface area contributed by atoms with Crippen LogP contribution in [0.2, 0.25) is 0 Å². The Bertz CT molecular complexity index is 795. The minimum absolute atomic E-state index is 0.123. The summed E-state index contributed by atoms with van der Waals surface area (Å²) in [6.07, 6.45) is 4.71. The van der Waals surface area contributed by atoms with Gasteiger partial charge in [-0.25, -0.2) is 0 Å². The van der Waals surface area contributed by atoms with E-state index in [9.17, 15) is 9.59 Å². The van der Waals surface area contributed by atoms with Crippen LogP contribution in [-0.2, 0) is 11.3 Å². The number of carbonyl (C=O) groups excluding carboxylic acids is 2. The third-order valence-corrected chi connectivity index (χ3v) is 6.20. The first kappa shape index (κ1) is 15.7. The fourth-order valence-corrected chi connectivity index (χ4v) is 4.66. The van der Waals surface area contributed by atoms with E-state index < -0.39 is 5.25 Å². The smallest absolute Gasteiger partial charge is 0.289 e. The lowest BCUT2D eigenvalue weighted by Crippen LogP contribution is -2.24. The van der Waals surface area contributed by atoms with Gasteiger partial charge in [0, 0.05) is 37.2 Å². The van der Waals surface area contributed by atoms with Gasteiger partial charge >= 0.3 is 0 Å². The number of carbonyl (C=O) groups is 2. The van der Waals surface area contributed by atoms with Gasteiger partial charge in [-0.15, -0.1) is 0 Å². The molecule has 126 valence electrons. The SMILES string of the molecule is CN1C(=O)SC(c2cccc3c2ccn3CCN2CCCC2)C1=O. The molecule has 0 aliphatic carbocycles. The van der Waals surface area contributed by atoms with Crippen molar-refractivity contribution in [2.75, 3.05) is 26.7 Å². The van der Waals surface area contributed by atoms with E-state index in [1.54, 1.807) is 7.05 Å². The molecular formula is C18H21N3O2S. The molecule has 24 heavy (non-hydrogen) atoms. The highest BCUT2D eigenvalue weighted by atomic mass is 32.2. The normalized spacial score (nSPS) is 22.2. The van der Waals surface area contributed by atoms with E-state index in [1.807, 2.05) is 12.1 Å². The maximum atomic E-state index is 12.3. The van der Waals surface area contributed by atoms with Gasteiger partial charge in [0.25, 0.3) is 5.24 Å². The highest BCUT2D eigenvalue weighted by molar-refractivity contribution is 8.15. The first-order valence-electron chi connectivity index (χ1n) is 8.43. The molecule has 0 N–H and O–H groups in total. The number of thioether (sulfide) groups is 1. The average Bonchev–Trinajstić information content (AvgIpc) is 3.30. The molecule has 0 bridgehead atoms. The second-order valence-corrected chi connectivity index (χ2v) is 7.56. The molecule has 2 aliphatic rings. The van der Waals surface area contributed by atoms with E-state index in [0.717, 1.165) is 41.3 Å². The molecule has 2 saturated heterocycles. The number of likely N-dealkylation sites (N-methyl/N-ethyl adjacent to an activating group) is 1. The standard InChI is InChI=1S/C18H21N3O2S/c1-19-17(22)16(24-18(19)23)14-5-4-6-15-13(14)7-10-21(15)12-11-20-8-2-3-9-20/h4-7,10,16H,2-3,8-9,11-12H2,1H3. The number of fused-ring (bicyclic) bond motifs is 1. The van der Waals surface area contributed by atoms with Gasteiger partial charge in [0.05, 0.1) is 0 Å². The summed E-state index contributed by atoms with van der Waals surface area (Å²) in [6, 6.07) is 8.12. The predicted octanol–water partition coefficient (Wildman–Crippen LogP) is 3.10. The van der Waals surface area contributed by atoms with Gasteiger partial charge in [-0.1, -0.05) is 12.1 Å². The number of hydrogen-bond acceptors (Lipinski definition) is 4. The van der Waals surface area contributed by atoms with Gasteiger partial charge in [-0.3, -0.25) is 14.5 Å². The summed E-state index contributed by atoms with van der Waals surface area (Å²) in [7, 11) is 1.55. The number of amides is 2. The van der Waals surface area contributed by atoms with Crippen LogP contribution in [0, 0.1) is 0 Å². The summed E-state index contributed by atoms with van der Waals surface area (Å²) < 4.78 is 2.26. The summed E-state index contributed by atoms with van der Waals surface area (Å²) in [5, 5.41) is 0.490. The minimum Gasteiger partial charge on any atom is -0.346 e. The first-order valence-corrected chi connectivity index (χ1v) is 9.31. The summed E-state index contributed by atoms with van der Waals surface area (Å²) in [4.78, 5) is 27.9. The molecule has 4 rings (SSSR count). The molecule has 1 unspecified atom stereocenters. The van der Waals surface area contributed by atoms with Crippen LogP contribution in [0.4, 0.5) is 4.79 Å². The first-order chi connectivity index (χ1) is 11.6. The van der Waals surface area contributed by atoms with Crippen LogP contribution in [0.15, 0.2) is 30.5 Å². The topological polar surface area (TPSA) is 45.6 Å². The zero-order valence-electron chi connectivity index (χ0n) is 13.8. The van der Waals surface area contributed by atoms with Crippen molar-refractivity contribution in [3.8, 4) is 0 Å². The molecule has 2 amide bonds. The lowest BCUT2D eigenvalue weighted by molar-refractivity contribution is -0.125. The fraction of sp³-hybridized carbons (Fsp3) is 0.444. The highest BCUT2D eigenvalue weighted by Crippen LogP contribution is 2.41. The van der Waals surface area contributed by atoms with Crippen molar-refractivity contribution in [1.29, 1.82) is 0 Å². The molecule has 1 aromatic heterocycles. The van der Waals surface area contributed by atoms with E-state index in [-0.39, 0.29) is 11.1 Å². The molecule has 6 heteroatoms. The summed E-state index contributed by atoms with van der Waals surface area (Å²) in [6.45, 7) is 4.42. The van der Waals surface area contributed by atoms with E-state index in [2.05, 4.69) is 27.8 Å². The number of likely N-dealkylation sites (tertiary alicyclic amines) is 1. The van der Waals surface area contributed by atoms with Crippen molar-refractivity contribution >= 4 is 33.8 Å². The van der Waals surface area contributed by atoms with Crippen LogP contribution in [0.5, 0.6) is 0 Å². The number of hydrogen-bond donors (Lipinski definition) is 0. The third kappa shape index (κ3) is 2.63. The van der Waals surface area contributed by atoms with Crippen molar-refractivity contribution in [2.45, 2.75) is 24.6 Å². The van der Waals surface area contributed by atoms with Gasteiger partial charge in [0.2, 0.25) is 5.91 Å². The van der Waals surface area contributed by atoms with Crippen molar-refractivity contribution in [2.24, 2.45) is 0 Å². The van der Waals surface area contributed by atoms with Gasteiger partial charge in [0.15, 0.2) is 0 Å². The Hall–Kier alpha value is -1.79. The van der Waals surface area contributed by atoms with Crippen LogP contribution in [0.3, 0.4) is 0 Å². The van der Waals surface area contributed by atoms with Crippen molar-refractivity contribution < 1.29 is 9.59 Å². The van der Waals surface area contributed by atoms with Crippen LogP contribution < -0.4 is 0 Å². The lowest BCUT2D eigenvalue weighted by Gasteiger charge is -2.16. The quantitative estimate of drug-likeness (QED) is 0.856. The minimum atomic E-state index is -0.416. The molecule has 2 aromatic rings. The molecule has 2 aliphatic heterocycles. The Morgan fingerprint density at radius 1 is 1.12 bits per heavy atom. The number of aromatic nitrogens is 1. The molecule has 1 atom stereocenters. The summed E-state index contributed by atoms with van der Waals surface area (Å²) in [5.41, 5.74) is 2.09. The van der Waals surface area contributed by atoms with Gasteiger partial charge in [-0.05, 0) is 55.4 Å². The van der Waals surface area contributed by atoms with Crippen LogP contribution in [0.1, 0.15) is 23.7 Å². The van der Waals surface area contributed by atoms with Gasteiger partial charge in [-0.2, -0.15) is 0 Å². The number of nitrogens with zero attached hydrogens (tertiary/aromatic N) is 3. The number of rotatable bonds is 4. The maximum absolute atomic E-state index is 12.3. The van der Waals surface area contributed by atoms with E-state index in [4.69, 9.17) is 0 Å². The highest BCUT2D eigenvalue weighted by Gasteiger charge is 2.38. The molecular weight excluding hydrogens is 322 g/mol.